The molecule has 0 saturated carbocycles. The first-order valence-corrected chi connectivity index (χ1v) is 10.1. The average molecular weight is 448 g/mol. The van der Waals surface area contributed by atoms with Gasteiger partial charge in [0.15, 0.2) is 5.69 Å². The molecule has 8 nitrogen and oxygen atoms in total. The zero-order chi connectivity index (χ0) is 23.3. The summed E-state index contributed by atoms with van der Waals surface area (Å²) in [5.41, 5.74) is -0.234. The van der Waals surface area contributed by atoms with Crippen LogP contribution in [0.3, 0.4) is 0 Å². The number of pyridine rings is 2. The fourth-order valence-corrected chi connectivity index (χ4v) is 3.42. The Balaban J connectivity index is 1.81. The minimum atomic E-state index is -4.47. The van der Waals surface area contributed by atoms with Crippen LogP contribution in [0, 0.1) is 0 Å². The van der Waals surface area contributed by atoms with E-state index in [2.05, 4.69) is 20.2 Å². The lowest BCUT2D eigenvalue weighted by molar-refractivity contribution is -0.137. The number of likely N-dealkylation sites (N-methyl/N-ethyl adjacent to an activating group) is 1. The van der Waals surface area contributed by atoms with Crippen molar-refractivity contribution in [2.75, 3.05) is 6.54 Å². The highest BCUT2D eigenvalue weighted by Gasteiger charge is 2.32. The molecule has 2 unspecified atom stereocenters. The number of alkyl halides is 3. The molecule has 2 atom stereocenters. The van der Waals surface area contributed by atoms with Crippen LogP contribution in [0.2, 0.25) is 0 Å². The summed E-state index contributed by atoms with van der Waals surface area (Å²) < 4.78 is 44.1. The summed E-state index contributed by atoms with van der Waals surface area (Å²) in [6, 6.07) is 5.09. The molecular formula is C21H23F3N6O2. The van der Waals surface area contributed by atoms with E-state index in [0.29, 0.717) is 18.7 Å². The summed E-state index contributed by atoms with van der Waals surface area (Å²) in [4.78, 5) is 24.3. The highest BCUT2D eigenvalue weighted by molar-refractivity contribution is 5.95. The van der Waals surface area contributed by atoms with Crippen LogP contribution in [0.25, 0.3) is 5.69 Å². The highest BCUT2D eigenvalue weighted by Crippen LogP contribution is 2.29. The molecule has 0 fully saturated rings. The first-order chi connectivity index (χ1) is 15.3. The van der Waals surface area contributed by atoms with Gasteiger partial charge in [-0.25, -0.2) is 9.97 Å². The third kappa shape index (κ3) is 5.04. The number of aromatic nitrogens is 5. The SMILES string of the molecule is CCC(C(C)Oc1ccc(C(F)(F)F)cn1)N(CC)C(=O)c1ncccc1-n1nccn1. The molecule has 1 amide bonds. The van der Waals surface area contributed by atoms with Crippen molar-refractivity contribution < 1.29 is 22.7 Å². The van der Waals surface area contributed by atoms with Crippen molar-refractivity contribution in [3.8, 4) is 11.6 Å². The van der Waals surface area contributed by atoms with Crippen LogP contribution >= 0.6 is 0 Å². The van der Waals surface area contributed by atoms with Crippen LogP contribution in [0.4, 0.5) is 13.2 Å². The molecule has 0 aliphatic carbocycles. The second-order valence-corrected chi connectivity index (χ2v) is 6.96. The number of hydrogen-bond donors (Lipinski definition) is 0. The van der Waals surface area contributed by atoms with Gasteiger partial charge >= 0.3 is 6.18 Å². The lowest BCUT2D eigenvalue weighted by atomic mass is 10.1. The molecule has 0 spiro atoms. The maximum Gasteiger partial charge on any atom is 0.417 e. The van der Waals surface area contributed by atoms with E-state index in [1.165, 1.54) is 29.5 Å². The number of rotatable bonds is 8. The monoisotopic (exact) mass is 448 g/mol. The van der Waals surface area contributed by atoms with Gasteiger partial charge in [-0.3, -0.25) is 4.79 Å². The maximum absolute atomic E-state index is 13.4. The summed E-state index contributed by atoms with van der Waals surface area (Å²) >= 11 is 0. The Morgan fingerprint density at radius 1 is 1.12 bits per heavy atom. The van der Waals surface area contributed by atoms with Crippen LogP contribution in [0.1, 0.15) is 43.2 Å². The van der Waals surface area contributed by atoms with Crippen LogP contribution in [-0.2, 0) is 6.18 Å². The fraction of sp³-hybridized carbons (Fsp3) is 0.381. The molecule has 0 radical (unpaired) electrons. The van der Waals surface area contributed by atoms with E-state index in [1.54, 1.807) is 24.0 Å². The van der Waals surface area contributed by atoms with Gasteiger partial charge in [0, 0.05) is 25.0 Å². The van der Waals surface area contributed by atoms with Gasteiger partial charge in [-0.15, -0.1) is 4.80 Å². The molecule has 0 saturated heterocycles. The molecule has 3 aromatic heterocycles. The van der Waals surface area contributed by atoms with Crippen molar-refractivity contribution in [1.82, 2.24) is 29.9 Å². The number of halogens is 3. The number of nitrogens with zero attached hydrogens (tertiary/aromatic N) is 6. The molecule has 11 heteroatoms. The average Bonchev–Trinajstić information content (AvgIpc) is 3.31. The predicted octanol–water partition coefficient (Wildman–Crippen LogP) is 3.78. The summed E-state index contributed by atoms with van der Waals surface area (Å²) in [6.07, 6.45) is 0.774. The molecule has 0 aromatic carbocycles. The third-order valence-corrected chi connectivity index (χ3v) is 4.96. The van der Waals surface area contributed by atoms with Gasteiger partial charge in [0.05, 0.1) is 24.0 Å². The molecular weight excluding hydrogens is 425 g/mol. The number of carbonyl (C=O) groups excluding carboxylic acids is 1. The number of amides is 1. The minimum Gasteiger partial charge on any atom is -0.472 e. The molecule has 3 heterocycles. The molecule has 0 aliphatic rings. The van der Waals surface area contributed by atoms with Crippen molar-refractivity contribution in [3.05, 3.63) is 60.3 Å². The van der Waals surface area contributed by atoms with E-state index in [-0.39, 0.29) is 23.5 Å². The normalized spacial score (nSPS) is 13.4. The van der Waals surface area contributed by atoms with E-state index in [4.69, 9.17) is 4.74 Å². The third-order valence-electron chi connectivity index (χ3n) is 4.96. The lowest BCUT2D eigenvalue weighted by Gasteiger charge is -2.34. The Hall–Kier alpha value is -3.50. The minimum absolute atomic E-state index is 0.0479. The molecule has 0 aliphatic heterocycles. The van der Waals surface area contributed by atoms with Gasteiger partial charge in [-0.1, -0.05) is 6.92 Å². The summed E-state index contributed by atoms with van der Waals surface area (Å²) in [5, 5.41) is 8.15. The first kappa shape index (κ1) is 23.2. The zero-order valence-electron chi connectivity index (χ0n) is 17.8. The quantitative estimate of drug-likeness (QED) is 0.521. The summed E-state index contributed by atoms with van der Waals surface area (Å²) in [6.45, 7) is 5.85. The fourth-order valence-electron chi connectivity index (χ4n) is 3.42. The second kappa shape index (κ2) is 9.75. The van der Waals surface area contributed by atoms with E-state index < -0.39 is 17.8 Å². The Bertz CT molecular complexity index is 1020. The first-order valence-electron chi connectivity index (χ1n) is 10.1. The van der Waals surface area contributed by atoms with Crippen molar-refractivity contribution in [2.24, 2.45) is 0 Å². The molecule has 3 aromatic rings. The molecule has 170 valence electrons. The Labute approximate surface area is 183 Å². The van der Waals surface area contributed by atoms with Gasteiger partial charge in [0.25, 0.3) is 5.91 Å². The zero-order valence-corrected chi connectivity index (χ0v) is 17.8. The topological polar surface area (TPSA) is 86.0 Å². The van der Waals surface area contributed by atoms with Crippen LogP contribution < -0.4 is 4.74 Å². The van der Waals surface area contributed by atoms with Crippen molar-refractivity contribution >= 4 is 5.91 Å². The Kier molecular flexibility index (Phi) is 7.06. The van der Waals surface area contributed by atoms with Crippen molar-refractivity contribution in [3.63, 3.8) is 0 Å². The largest absolute Gasteiger partial charge is 0.472 e. The Morgan fingerprint density at radius 2 is 1.84 bits per heavy atom. The van der Waals surface area contributed by atoms with E-state index in [1.807, 2.05) is 13.8 Å². The maximum atomic E-state index is 13.4. The smallest absolute Gasteiger partial charge is 0.417 e. The van der Waals surface area contributed by atoms with Gasteiger partial charge < -0.3 is 9.64 Å². The Morgan fingerprint density at radius 3 is 2.41 bits per heavy atom. The van der Waals surface area contributed by atoms with Crippen LogP contribution in [0.5, 0.6) is 5.88 Å². The van der Waals surface area contributed by atoms with E-state index in [9.17, 15) is 18.0 Å². The van der Waals surface area contributed by atoms with Crippen LogP contribution in [-0.4, -0.2) is 54.5 Å². The lowest BCUT2D eigenvalue weighted by Crippen LogP contribution is -2.48. The molecule has 3 rings (SSSR count). The van der Waals surface area contributed by atoms with E-state index in [0.717, 1.165) is 12.3 Å². The van der Waals surface area contributed by atoms with Crippen molar-refractivity contribution in [2.45, 2.75) is 45.5 Å². The number of carbonyl (C=O) groups is 1. The standard InChI is InChI=1S/C21H23F3N6O2/c1-4-16(14(3)32-18-9-8-15(13-26-18)21(22,23)24)29(5-2)20(31)19-17(7-6-10-25-19)30-27-11-12-28-30/h6-14,16H,4-5H2,1-3H3. The summed E-state index contributed by atoms with van der Waals surface area (Å²) in [7, 11) is 0. The van der Waals surface area contributed by atoms with E-state index >= 15 is 0 Å². The molecule has 0 N–H and O–H groups in total. The van der Waals surface area contributed by atoms with Gasteiger partial charge in [-0.2, -0.15) is 23.4 Å². The van der Waals surface area contributed by atoms with Gasteiger partial charge in [-0.05, 0) is 38.5 Å². The number of hydrogen-bond acceptors (Lipinski definition) is 6. The molecule has 32 heavy (non-hydrogen) atoms. The highest BCUT2D eigenvalue weighted by atomic mass is 19.4. The van der Waals surface area contributed by atoms with Gasteiger partial charge in [0.1, 0.15) is 11.8 Å². The summed E-state index contributed by atoms with van der Waals surface area (Å²) in [5.74, 6) is -0.283. The van der Waals surface area contributed by atoms with Crippen LogP contribution in [0.15, 0.2) is 49.1 Å². The number of ether oxygens (including phenoxy) is 1. The molecule has 0 bridgehead atoms. The second-order valence-electron chi connectivity index (χ2n) is 6.96. The van der Waals surface area contributed by atoms with Gasteiger partial charge in [0.2, 0.25) is 5.88 Å². The van der Waals surface area contributed by atoms with Crippen molar-refractivity contribution in [1.29, 1.82) is 0 Å². The predicted molar refractivity (Wildman–Crippen MR) is 109 cm³/mol.